The van der Waals surface area contributed by atoms with Crippen LogP contribution in [-0.4, -0.2) is 38.4 Å². The van der Waals surface area contributed by atoms with Gasteiger partial charge in [-0.1, -0.05) is 12.1 Å². The van der Waals surface area contributed by atoms with E-state index in [0.717, 1.165) is 39.0 Å². The van der Waals surface area contributed by atoms with Crippen LogP contribution in [0.2, 0.25) is 0 Å². The zero-order valence-corrected chi connectivity index (χ0v) is 16.8. The van der Waals surface area contributed by atoms with Crippen LogP contribution in [0.1, 0.15) is 0 Å². The van der Waals surface area contributed by atoms with Crippen molar-refractivity contribution in [1.29, 1.82) is 0 Å². The average Bonchev–Trinajstić information content (AvgIpc) is 3.26. The highest BCUT2D eigenvalue weighted by atomic mass is 16.5. The number of methoxy groups -OCH3 is 4. The first kappa shape index (κ1) is 18.7. The molecule has 0 saturated carbocycles. The molecule has 0 spiro atoms. The number of aromatic nitrogens is 2. The first-order valence-electron chi connectivity index (χ1n) is 9.10. The molecule has 0 bridgehead atoms. The van der Waals surface area contributed by atoms with E-state index in [0.29, 0.717) is 17.2 Å². The monoisotopic (exact) mass is 390 g/mol. The van der Waals surface area contributed by atoms with Gasteiger partial charge in [-0.05, 0) is 53.1 Å². The third kappa shape index (κ3) is 3.33. The van der Waals surface area contributed by atoms with Crippen molar-refractivity contribution in [3.63, 3.8) is 0 Å². The predicted molar refractivity (Wildman–Crippen MR) is 113 cm³/mol. The van der Waals surface area contributed by atoms with Gasteiger partial charge in [0.05, 0.1) is 45.8 Å². The molecule has 0 aliphatic heterocycles. The zero-order valence-electron chi connectivity index (χ0n) is 16.8. The van der Waals surface area contributed by atoms with Crippen LogP contribution in [0.3, 0.4) is 0 Å². The predicted octanol–water partition coefficient (Wildman–Crippen LogP) is 4.93. The lowest BCUT2D eigenvalue weighted by atomic mass is 9.97. The fourth-order valence-corrected chi connectivity index (χ4v) is 3.46. The van der Waals surface area contributed by atoms with E-state index in [1.807, 2.05) is 36.4 Å². The molecule has 0 atom stereocenters. The molecule has 1 N–H and O–H groups in total. The number of hydrogen-bond donors (Lipinski definition) is 1. The summed E-state index contributed by atoms with van der Waals surface area (Å²) in [5.74, 6) is 2.57. The van der Waals surface area contributed by atoms with Crippen LogP contribution in [0.5, 0.6) is 23.0 Å². The van der Waals surface area contributed by atoms with Gasteiger partial charge >= 0.3 is 0 Å². The molecule has 0 unspecified atom stereocenters. The standard InChI is InChI=1S/C23H22N2O4/c1-26-17-7-5-14(6-8-17)15-9-18(22-19(10-15)24-13-25-22)16-11-20(27-2)23(29-4)21(12-16)28-3/h5-13H,1-4H3,(H,24,25). The Balaban J connectivity index is 1.92. The van der Waals surface area contributed by atoms with Gasteiger partial charge in [-0.3, -0.25) is 0 Å². The van der Waals surface area contributed by atoms with Gasteiger partial charge in [0, 0.05) is 5.56 Å². The second-order valence-electron chi connectivity index (χ2n) is 6.47. The van der Waals surface area contributed by atoms with Crippen molar-refractivity contribution in [2.45, 2.75) is 0 Å². The lowest BCUT2D eigenvalue weighted by molar-refractivity contribution is 0.324. The largest absolute Gasteiger partial charge is 0.497 e. The Kier molecular flexibility index (Phi) is 4.99. The summed E-state index contributed by atoms with van der Waals surface area (Å²) in [7, 11) is 6.47. The van der Waals surface area contributed by atoms with E-state index in [2.05, 4.69) is 22.1 Å². The third-order valence-electron chi connectivity index (χ3n) is 4.92. The van der Waals surface area contributed by atoms with Crippen LogP contribution in [0.15, 0.2) is 54.9 Å². The van der Waals surface area contributed by atoms with Gasteiger partial charge in [-0.25, -0.2) is 4.98 Å². The summed E-state index contributed by atoms with van der Waals surface area (Å²) in [4.78, 5) is 7.74. The molecule has 1 heterocycles. The lowest BCUT2D eigenvalue weighted by Gasteiger charge is -2.15. The lowest BCUT2D eigenvalue weighted by Crippen LogP contribution is -1.96. The minimum atomic E-state index is 0.559. The molecule has 148 valence electrons. The molecular weight excluding hydrogens is 368 g/mol. The second-order valence-corrected chi connectivity index (χ2v) is 6.47. The van der Waals surface area contributed by atoms with Crippen molar-refractivity contribution >= 4 is 11.0 Å². The summed E-state index contributed by atoms with van der Waals surface area (Å²) in [5.41, 5.74) is 5.85. The van der Waals surface area contributed by atoms with Crippen molar-refractivity contribution in [3.05, 3.63) is 54.9 Å². The fourth-order valence-electron chi connectivity index (χ4n) is 3.46. The highest BCUT2D eigenvalue weighted by Gasteiger charge is 2.17. The molecular formula is C23H22N2O4. The van der Waals surface area contributed by atoms with E-state index in [4.69, 9.17) is 18.9 Å². The number of H-pyrrole nitrogens is 1. The normalized spacial score (nSPS) is 10.8. The number of nitrogens with zero attached hydrogens (tertiary/aromatic N) is 1. The van der Waals surface area contributed by atoms with E-state index in [1.165, 1.54) is 0 Å². The molecule has 0 aliphatic rings. The van der Waals surface area contributed by atoms with Crippen LogP contribution < -0.4 is 18.9 Å². The van der Waals surface area contributed by atoms with Gasteiger partial charge in [0.1, 0.15) is 5.75 Å². The highest BCUT2D eigenvalue weighted by Crippen LogP contribution is 2.43. The van der Waals surface area contributed by atoms with E-state index in [9.17, 15) is 0 Å². The van der Waals surface area contributed by atoms with Crippen molar-refractivity contribution in [2.75, 3.05) is 28.4 Å². The number of ether oxygens (including phenoxy) is 4. The van der Waals surface area contributed by atoms with Crippen molar-refractivity contribution in [2.24, 2.45) is 0 Å². The molecule has 3 aromatic carbocycles. The molecule has 0 aliphatic carbocycles. The van der Waals surface area contributed by atoms with Crippen LogP contribution in [0, 0.1) is 0 Å². The SMILES string of the molecule is COc1ccc(-c2cc(-c3cc(OC)c(OC)c(OC)c3)c3nc[nH]c3c2)cc1. The number of aromatic amines is 1. The van der Waals surface area contributed by atoms with Gasteiger partial charge in [0.2, 0.25) is 5.75 Å². The number of hydrogen-bond acceptors (Lipinski definition) is 5. The molecule has 29 heavy (non-hydrogen) atoms. The Morgan fingerprint density at radius 3 is 1.97 bits per heavy atom. The van der Waals surface area contributed by atoms with Crippen molar-refractivity contribution < 1.29 is 18.9 Å². The maximum Gasteiger partial charge on any atom is 0.203 e. The minimum Gasteiger partial charge on any atom is -0.497 e. The molecule has 0 fully saturated rings. The maximum absolute atomic E-state index is 5.53. The van der Waals surface area contributed by atoms with E-state index < -0.39 is 0 Å². The average molecular weight is 390 g/mol. The molecule has 0 saturated heterocycles. The number of rotatable bonds is 6. The van der Waals surface area contributed by atoms with E-state index in [-0.39, 0.29) is 0 Å². The van der Waals surface area contributed by atoms with Crippen LogP contribution in [-0.2, 0) is 0 Å². The molecule has 6 heteroatoms. The molecule has 4 aromatic rings. The van der Waals surface area contributed by atoms with Crippen LogP contribution >= 0.6 is 0 Å². The Bertz CT molecular complexity index is 1120. The third-order valence-corrected chi connectivity index (χ3v) is 4.92. The topological polar surface area (TPSA) is 65.6 Å². The summed E-state index contributed by atoms with van der Waals surface area (Å²) in [6.45, 7) is 0. The summed E-state index contributed by atoms with van der Waals surface area (Å²) in [5, 5.41) is 0. The fraction of sp³-hybridized carbons (Fsp3) is 0.174. The number of nitrogens with one attached hydrogen (secondary N) is 1. The van der Waals surface area contributed by atoms with E-state index in [1.54, 1.807) is 34.8 Å². The van der Waals surface area contributed by atoms with Crippen LogP contribution in [0.25, 0.3) is 33.3 Å². The molecule has 4 rings (SSSR count). The summed E-state index contributed by atoms with van der Waals surface area (Å²) >= 11 is 0. The Labute approximate surface area is 169 Å². The Morgan fingerprint density at radius 1 is 0.690 bits per heavy atom. The maximum atomic E-state index is 5.53. The molecule has 0 amide bonds. The first-order valence-corrected chi connectivity index (χ1v) is 9.10. The first-order chi connectivity index (χ1) is 14.2. The Morgan fingerprint density at radius 2 is 1.38 bits per heavy atom. The smallest absolute Gasteiger partial charge is 0.203 e. The number of benzene rings is 3. The van der Waals surface area contributed by atoms with Crippen molar-refractivity contribution in [3.8, 4) is 45.3 Å². The summed E-state index contributed by atoms with van der Waals surface area (Å²) in [6, 6.07) is 16.0. The molecule has 6 nitrogen and oxygen atoms in total. The number of imidazole rings is 1. The minimum absolute atomic E-state index is 0.559. The quantitative estimate of drug-likeness (QED) is 0.506. The Hall–Kier alpha value is -3.67. The van der Waals surface area contributed by atoms with Gasteiger partial charge in [-0.2, -0.15) is 0 Å². The van der Waals surface area contributed by atoms with Crippen LogP contribution in [0.4, 0.5) is 0 Å². The van der Waals surface area contributed by atoms with Gasteiger partial charge < -0.3 is 23.9 Å². The zero-order chi connectivity index (χ0) is 20.4. The molecule has 1 aromatic heterocycles. The van der Waals surface area contributed by atoms with Gasteiger partial charge in [0.25, 0.3) is 0 Å². The summed E-state index contributed by atoms with van der Waals surface area (Å²) < 4.78 is 21.8. The number of fused-ring (bicyclic) bond motifs is 1. The molecule has 0 radical (unpaired) electrons. The van der Waals surface area contributed by atoms with Crippen molar-refractivity contribution in [1.82, 2.24) is 9.97 Å². The second kappa shape index (κ2) is 7.75. The van der Waals surface area contributed by atoms with E-state index >= 15 is 0 Å². The summed E-state index contributed by atoms with van der Waals surface area (Å²) in [6.07, 6.45) is 1.70. The van der Waals surface area contributed by atoms with Gasteiger partial charge in [0.15, 0.2) is 11.5 Å². The van der Waals surface area contributed by atoms with Gasteiger partial charge in [-0.15, -0.1) is 0 Å². The highest BCUT2D eigenvalue weighted by molar-refractivity contribution is 5.96.